The molecule has 1 aromatic carbocycles. The van der Waals surface area contributed by atoms with Gasteiger partial charge in [0.25, 0.3) is 0 Å². The van der Waals surface area contributed by atoms with Crippen molar-refractivity contribution in [2.45, 2.75) is 13.0 Å². The SMILES string of the molecule is CC(c1cccc(Cl)c1)N(C)C(=O)NOCC(=O)O. The normalized spacial score (nSPS) is 11.7. The zero-order valence-electron chi connectivity index (χ0n) is 10.6. The molecule has 0 aliphatic rings. The third kappa shape index (κ3) is 4.76. The van der Waals surface area contributed by atoms with Crippen LogP contribution in [0.25, 0.3) is 0 Å². The van der Waals surface area contributed by atoms with Crippen molar-refractivity contribution in [3.8, 4) is 0 Å². The van der Waals surface area contributed by atoms with Crippen molar-refractivity contribution in [1.82, 2.24) is 10.4 Å². The summed E-state index contributed by atoms with van der Waals surface area (Å²) >= 11 is 5.88. The lowest BCUT2D eigenvalue weighted by atomic mass is 10.1. The largest absolute Gasteiger partial charge is 0.479 e. The zero-order valence-corrected chi connectivity index (χ0v) is 11.3. The first kappa shape index (κ1) is 15.3. The van der Waals surface area contributed by atoms with Crippen molar-refractivity contribution < 1.29 is 19.5 Å². The van der Waals surface area contributed by atoms with Gasteiger partial charge in [-0.25, -0.2) is 15.1 Å². The molecule has 1 aromatic rings. The fourth-order valence-electron chi connectivity index (χ4n) is 1.40. The summed E-state index contributed by atoms with van der Waals surface area (Å²) in [6.45, 7) is 1.23. The van der Waals surface area contributed by atoms with Crippen molar-refractivity contribution in [2.24, 2.45) is 0 Å². The number of halogens is 1. The summed E-state index contributed by atoms with van der Waals surface area (Å²) < 4.78 is 0. The number of hydrogen-bond acceptors (Lipinski definition) is 3. The number of hydroxylamine groups is 1. The molecule has 1 unspecified atom stereocenters. The van der Waals surface area contributed by atoms with Crippen LogP contribution in [0.2, 0.25) is 5.02 Å². The third-order valence-electron chi connectivity index (χ3n) is 2.59. The lowest BCUT2D eigenvalue weighted by Gasteiger charge is -2.25. The smallest absolute Gasteiger partial charge is 0.341 e. The number of rotatable bonds is 5. The average molecular weight is 287 g/mol. The molecule has 6 nitrogen and oxygen atoms in total. The van der Waals surface area contributed by atoms with Crippen molar-refractivity contribution >= 4 is 23.6 Å². The Morgan fingerprint density at radius 2 is 2.21 bits per heavy atom. The van der Waals surface area contributed by atoms with Crippen LogP contribution < -0.4 is 5.48 Å². The third-order valence-corrected chi connectivity index (χ3v) is 2.82. The average Bonchev–Trinajstić information content (AvgIpc) is 2.36. The number of benzene rings is 1. The van der Waals surface area contributed by atoms with Gasteiger partial charge in [0.2, 0.25) is 0 Å². The Bertz CT molecular complexity index is 467. The Labute approximate surface area is 115 Å². The highest BCUT2D eigenvalue weighted by Gasteiger charge is 2.17. The number of hydrogen-bond donors (Lipinski definition) is 2. The number of nitrogens with zero attached hydrogens (tertiary/aromatic N) is 1. The summed E-state index contributed by atoms with van der Waals surface area (Å²) in [5.74, 6) is -1.16. The fourth-order valence-corrected chi connectivity index (χ4v) is 1.60. The van der Waals surface area contributed by atoms with Crippen LogP contribution in [0, 0.1) is 0 Å². The van der Waals surface area contributed by atoms with E-state index in [9.17, 15) is 9.59 Å². The monoisotopic (exact) mass is 286 g/mol. The van der Waals surface area contributed by atoms with Gasteiger partial charge >= 0.3 is 12.0 Å². The van der Waals surface area contributed by atoms with E-state index in [0.29, 0.717) is 5.02 Å². The summed E-state index contributed by atoms with van der Waals surface area (Å²) in [5, 5.41) is 8.96. The van der Waals surface area contributed by atoms with Crippen molar-refractivity contribution in [3.63, 3.8) is 0 Å². The first-order valence-electron chi connectivity index (χ1n) is 5.53. The van der Waals surface area contributed by atoms with Gasteiger partial charge in [-0.3, -0.25) is 4.84 Å². The minimum atomic E-state index is -1.16. The predicted octanol–water partition coefficient (Wildman–Crippen LogP) is 2.06. The molecule has 1 rings (SSSR count). The highest BCUT2D eigenvalue weighted by molar-refractivity contribution is 6.30. The van der Waals surface area contributed by atoms with Crippen LogP contribution >= 0.6 is 11.6 Å². The van der Waals surface area contributed by atoms with Crippen molar-refractivity contribution in [3.05, 3.63) is 34.9 Å². The van der Waals surface area contributed by atoms with Gasteiger partial charge in [-0.1, -0.05) is 23.7 Å². The molecule has 19 heavy (non-hydrogen) atoms. The minimum absolute atomic E-state index is 0.230. The summed E-state index contributed by atoms with van der Waals surface area (Å²) in [6.07, 6.45) is 0. The van der Waals surface area contributed by atoms with E-state index in [1.165, 1.54) is 4.90 Å². The molecule has 0 aliphatic carbocycles. The summed E-state index contributed by atoms with van der Waals surface area (Å²) in [7, 11) is 1.57. The van der Waals surface area contributed by atoms with Crippen LogP contribution in [-0.4, -0.2) is 35.7 Å². The fraction of sp³-hybridized carbons (Fsp3) is 0.333. The topological polar surface area (TPSA) is 78.9 Å². The lowest BCUT2D eigenvalue weighted by molar-refractivity contribution is -0.144. The maximum absolute atomic E-state index is 11.7. The number of urea groups is 1. The molecule has 1 atom stereocenters. The number of carboxylic acids is 1. The predicted molar refractivity (Wildman–Crippen MR) is 69.7 cm³/mol. The number of carbonyl (C=O) groups is 2. The Morgan fingerprint density at radius 1 is 1.53 bits per heavy atom. The van der Waals surface area contributed by atoms with E-state index in [2.05, 4.69) is 10.3 Å². The molecule has 0 saturated heterocycles. The van der Waals surface area contributed by atoms with Gasteiger partial charge in [-0.2, -0.15) is 0 Å². The highest BCUT2D eigenvalue weighted by Crippen LogP contribution is 2.21. The molecular weight excluding hydrogens is 272 g/mol. The van der Waals surface area contributed by atoms with Gasteiger partial charge in [-0.05, 0) is 24.6 Å². The molecule has 7 heteroatoms. The summed E-state index contributed by atoms with van der Waals surface area (Å²) in [4.78, 5) is 27.8. The Balaban J connectivity index is 2.58. The van der Waals surface area contributed by atoms with Gasteiger partial charge in [0.05, 0.1) is 6.04 Å². The maximum Gasteiger partial charge on any atom is 0.341 e. The van der Waals surface area contributed by atoms with Crippen LogP contribution in [0.1, 0.15) is 18.5 Å². The number of nitrogens with one attached hydrogen (secondary N) is 1. The standard InChI is InChI=1S/C12H15ClN2O4/c1-8(9-4-3-5-10(13)6-9)15(2)12(18)14-19-7-11(16)17/h3-6,8H,7H2,1-2H3,(H,14,18)(H,16,17). The van der Waals surface area contributed by atoms with Crippen LogP contribution in [0.4, 0.5) is 4.79 Å². The molecule has 0 bridgehead atoms. The zero-order chi connectivity index (χ0) is 14.4. The number of carbonyl (C=O) groups excluding carboxylic acids is 1. The number of amides is 2. The molecule has 0 aliphatic heterocycles. The molecule has 2 N–H and O–H groups in total. The minimum Gasteiger partial charge on any atom is -0.479 e. The first-order chi connectivity index (χ1) is 8.91. The quantitative estimate of drug-likeness (QED) is 0.812. The molecule has 0 fully saturated rings. The second-order valence-corrected chi connectivity index (χ2v) is 4.37. The van der Waals surface area contributed by atoms with E-state index in [4.69, 9.17) is 16.7 Å². The van der Waals surface area contributed by atoms with E-state index in [1.807, 2.05) is 13.0 Å². The van der Waals surface area contributed by atoms with E-state index >= 15 is 0 Å². The van der Waals surface area contributed by atoms with Gasteiger partial charge in [0.15, 0.2) is 6.61 Å². The lowest BCUT2D eigenvalue weighted by Crippen LogP contribution is -2.39. The maximum atomic E-state index is 11.7. The van der Waals surface area contributed by atoms with Crippen LogP contribution in [-0.2, 0) is 9.63 Å². The Kier molecular flexibility index (Phi) is 5.59. The second kappa shape index (κ2) is 6.96. The molecule has 0 spiro atoms. The molecule has 104 valence electrons. The highest BCUT2D eigenvalue weighted by atomic mass is 35.5. The van der Waals surface area contributed by atoms with E-state index in [-0.39, 0.29) is 6.04 Å². The molecule has 0 aromatic heterocycles. The molecular formula is C12H15ClN2O4. The van der Waals surface area contributed by atoms with Gasteiger partial charge in [0.1, 0.15) is 0 Å². The van der Waals surface area contributed by atoms with Crippen molar-refractivity contribution in [2.75, 3.05) is 13.7 Å². The van der Waals surface area contributed by atoms with E-state index in [1.54, 1.807) is 25.2 Å². The van der Waals surface area contributed by atoms with Crippen LogP contribution in [0.5, 0.6) is 0 Å². The molecule has 0 saturated carbocycles. The van der Waals surface area contributed by atoms with Gasteiger partial charge in [0, 0.05) is 12.1 Å². The first-order valence-corrected chi connectivity index (χ1v) is 5.91. The molecule has 0 heterocycles. The Hall–Kier alpha value is -1.79. The van der Waals surface area contributed by atoms with E-state index in [0.717, 1.165) is 5.56 Å². The van der Waals surface area contributed by atoms with Crippen LogP contribution in [0.3, 0.4) is 0 Å². The van der Waals surface area contributed by atoms with Crippen LogP contribution in [0.15, 0.2) is 24.3 Å². The molecule has 2 amide bonds. The summed E-state index contributed by atoms with van der Waals surface area (Å²) in [6, 6.07) is 6.38. The van der Waals surface area contributed by atoms with E-state index < -0.39 is 18.6 Å². The van der Waals surface area contributed by atoms with Gasteiger partial charge in [-0.15, -0.1) is 0 Å². The van der Waals surface area contributed by atoms with Gasteiger partial charge < -0.3 is 10.0 Å². The number of aliphatic carboxylic acids is 1. The second-order valence-electron chi connectivity index (χ2n) is 3.93. The van der Waals surface area contributed by atoms with Crippen molar-refractivity contribution in [1.29, 1.82) is 0 Å². The summed E-state index contributed by atoms with van der Waals surface area (Å²) in [5.41, 5.74) is 2.92. The Morgan fingerprint density at radius 3 is 2.79 bits per heavy atom. The molecule has 0 radical (unpaired) electrons. The number of carboxylic acid groups (broad SMARTS) is 1.